The number of carbonyl (C=O) groups excluding carboxylic acids is 1. The van der Waals surface area contributed by atoms with Crippen molar-refractivity contribution in [3.63, 3.8) is 0 Å². The molecule has 0 bridgehead atoms. The standard InChI is InChI=1S/C11H23NO5/c1-9(7-15-3)17-8-10(13)5-12(2)6-11(14)16-4/h9-10,13H,5-8H2,1-4H3. The number of methoxy groups -OCH3 is 2. The molecular formula is C11H23NO5. The topological polar surface area (TPSA) is 68.2 Å². The zero-order chi connectivity index (χ0) is 13.3. The zero-order valence-electron chi connectivity index (χ0n) is 11.0. The first kappa shape index (κ1) is 16.3. The monoisotopic (exact) mass is 249 g/mol. The van der Waals surface area contributed by atoms with Crippen molar-refractivity contribution in [2.75, 3.05) is 47.6 Å². The molecule has 17 heavy (non-hydrogen) atoms. The van der Waals surface area contributed by atoms with Crippen LogP contribution in [0, 0.1) is 0 Å². The number of hydrogen-bond acceptors (Lipinski definition) is 6. The fourth-order valence-electron chi connectivity index (χ4n) is 1.32. The molecule has 0 saturated heterocycles. The van der Waals surface area contributed by atoms with Gasteiger partial charge in [-0.25, -0.2) is 0 Å². The molecule has 2 atom stereocenters. The Labute approximate surface area is 102 Å². The summed E-state index contributed by atoms with van der Waals surface area (Å²) in [6, 6.07) is 0. The Morgan fingerprint density at radius 3 is 2.53 bits per heavy atom. The number of aliphatic hydroxyl groups is 1. The van der Waals surface area contributed by atoms with Crippen molar-refractivity contribution < 1.29 is 24.1 Å². The van der Waals surface area contributed by atoms with Gasteiger partial charge < -0.3 is 19.3 Å². The predicted molar refractivity (Wildman–Crippen MR) is 62.8 cm³/mol. The van der Waals surface area contributed by atoms with E-state index in [-0.39, 0.29) is 25.2 Å². The molecule has 0 fully saturated rings. The van der Waals surface area contributed by atoms with E-state index in [2.05, 4.69) is 4.74 Å². The number of carbonyl (C=O) groups is 1. The highest BCUT2D eigenvalue weighted by molar-refractivity contribution is 5.71. The van der Waals surface area contributed by atoms with Gasteiger partial charge in [0.2, 0.25) is 0 Å². The minimum atomic E-state index is -0.635. The van der Waals surface area contributed by atoms with E-state index in [1.165, 1.54) is 7.11 Å². The molecule has 0 saturated carbocycles. The van der Waals surface area contributed by atoms with Crippen LogP contribution < -0.4 is 0 Å². The summed E-state index contributed by atoms with van der Waals surface area (Å²) in [7, 11) is 4.67. The molecule has 1 N–H and O–H groups in total. The molecular weight excluding hydrogens is 226 g/mol. The van der Waals surface area contributed by atoms with Crippen LogP contribution in [0.3, 0.4) is 0 Å². The first-order chi connectivity index (χ1) is 7.99. The predicted octanol–water partition coefficient (Wildman–Crippen LogP) is -0.496. The second-order valence-electron chi connectivity index (χ2n) is 4.03. The molecule has 0 aliphatic carbocycles. The van der Waals surface area contributed by atoms with Crippen molar-refractivity contribution in [2.45, 2.75) is 19.1 Å². The van der Waals surface area contributed by atoms with Crippen LogP contribution in [0.15, 0.2) is 0 Å². The van der Waals surface area contributed by atoms with Crippen molar-refractivity contribution in [3.05, 3.63) is 0 Å². The van der Waals surface area contributed by atoms with Gasteiger partial charge in [0.05, 0.1) is 39.1 Å². The van der Waals surface area contributed by atoms with Crippen LogP contribution in [0.2, 0.25) is 0 Å². The van der Waals surface area contributed by atoms with Gasteiger partial charge in [0.1, 0.15) is 0 Å². The number of hydrogen-bond donors (Lipinski definition) is 1. The summed E-state index contributed by atoms with van der Waals surface area (Å²) in [6.07, 6.45) is -0.690. The summed E-state index contributed by atoms with van der Waals surface area (Å²) < 4.78 is 14.8. The van der Waals surface area contributed by atoms with E-state index in [4.69, 9.17) is 9.47 Å². The van der Waals surface area contributed by atoms with Crippen LogP contribution in [0.1, 0.15) is 6.92 Å². The van der Waals surface area contributed by atoms with E-state index >= 15 is 0 Å². The number of nitrogens with zero attached hydrogens (tertiary/aromatic N) is 1. The maximum atomic E-state index is 11.0. The smallest absolute Gasteiger partial charge is 0.319 e. The van der Waals surface area contributed by atoms with Crippen LogP contribution in [-0.4, -0.2) is 75.8 Å². The third-order valence-electron chi connectivity index (χ3n) is 2.12. The maximum absolute atomic E-state index is 11.0. The number of rotatable bonds is 9. The van der Waals surface area contributed by atoms with Crippen LogP contribution in [0.25, 0.3) is 0 Å². The van der Waals surface area contributed by atoms with E-state index < -0.39 is 6.10 Å². The highest BCUT2D eigenvalue weighted by Crippen LogP contribution is 1.96. The average Bonchev–Trinajstić information content (AvgIpc) is 2.26. The number of esters is 1. The van der Waals surface area contributed by atoms with Gasteiger partial charge in [-0.1, -0.05) is 0 Å². The Morgan fingerprint density at radius 2 is 2.00 bits per heavy atom. The molecule has 0 aliphatic rings. The Kier molecular flexibility index (Phi) is 8.97. The molecule has 0 rings (SSSR count). The Balaban J connectivity index is 3.70. The number of aliphatic hydroxyl groups excluding tert-OH is 1. The second kappa shape index (κ2) is 9.35. The highest BCUT2D eigenvalue weighted by atomic mass is 16.5. The van der Waals surface area contributed by atoms with Gasteiger partial charge in [0, 0.05) is 13.7 Å². The average molecular weight is 249 g/mol. The van der Waals surface area contributed by atoms with Crippen LogP contribution in [-0.2, 0) is 19.0 Å². The van der Waals surface area contributed by atoms with Gasteiger partial charge in [-0.3, -0.25) is 9.69 Å². The third-order valence-corrected chi connectivity index (χ3v) is 2.12. The fourth-order valence-corrected chi connectivity index (χ4v) is 1.32. The lowest BCUT2D eigenvalue weighted by molar-refractivity contribution is -0.142. The summed E-state index contributed by atoms with van der Waals surface area (Å²) >= 11 is 0. The van der Waals surface area contributed by atoms with Crippen LogP contribution in [0.5, 0.6) is 0 Å². The molecule has 2 unspecified atom stereocenters. The van der Waals surface area contributed by atoms with E-state index in [0.29, 0.717) is 13.2 Å². The SMILES string of the molecule is COCC(C)OCC(O)CN(C)CC(=O)OC. The summed E-state index contributed by atoms with van der Waals surface area (Å²) in [5.41, 5.74) is 0. The van der Waals surface area contributed by atoms with Gasteiger partial charge >= 0.3 is 5.97 Å². The normalized spacial score (nSPS) is 14.7. The minimum Gasteiger partial charge on any atom is -0.468 e. The lowest BCUT2D eigenvalue weighted by atomic mass is 10.3. The van der Waals surface area contributed by atoms with Gasteiger partial charge in [-0.2, -0.15) is 0 Å². The zero-order valence-corrected chi connectivity index (χ0v) is 11.0. The van der Waals surface area contributed by atoms with Crippen molar-refractivity contribution >= 4 is 5.97 Å². The first-order valence-electron chi connectivity index (χ1n) is 5.53. The van der Waals surface area contributed by atoms with Crippen LogP contribution in [0.4, 0.5) is 0 Å². The molecule has 0 aliphatic heterocycles. The third kappa shape index (κ3) is 9.05. The molecule has 6 heteroatoms. The van der Waals surface area contributed by atoms with Crippen molar-refractivity contribution in [1.29, 1.82) is 0 Å². The molecule has 0 aromatic heterocycles. The molecule has 0 amide bonds. The molecule has 102 valence electrons. The second-order valence-corrected chi connectivity index (χ2v) is 4.03. The van der Waals surface area contributed by atoms with E-state index in [1.807, 2.05) is 6.92 Å². The van der Waals surface area contributed by atoms with Gasteiger partial charge in [0.15, 0.2) is 0 Å². The molecule has 0 spiro atoms. The van der Waals surface area contributed by atoms with Crippen molar-refractivity contribution in [3.8, 4) is 0 Å². The van der Waals surface area contributed by atoms with Gasteiger partial charge in [-0.15, -0.1) is 0 Å². The first-order valence-corrected chi connectivity index (χ1v) is 5.53. The quantitative estimate of drug-likeness (QED) is 0.556. The Hall–Kier alpha value is -0.690. The van der Waals surface area contributed by atoms with Crippen molar-refractivity contribution in [1.82, 2.24) is 4.90 Å². The maximum Gasteiger partial charge on any atom is 0.319 e. The van der Waals surface area contributed by atoms with E-state index in [0.717, 1.165) is 0 Å². The van der Waals surface area contributed by atoms with E-state index in [9.17, 15) is 9.90 Å². The highest BCUT2D eigenvalue weighted by Gasteiger charge is 2.13. The Bertz CT molecular complexity index is 212. The van der Waals surface area contributed by atoms with Gasteiger partial charge in [-0.05, 0) is 14.0 Å². The lowest BCUT2D eigenvalue weighted by Crippen LogP contribution is -2.36. The molecule has 0 aromatic rings. The summed E-state index contributed by atoms with van der Waals surface area (Å²) in [5, 5.41) is 9.66. The van der Waals surface area contributed by atoms with Crippen LogP contribution >= 0.6 is 0 Å². The molecule has 0 aromatic carbocycles. The summed E-state index contributed by atoms with van der Waals surface area (Å²) in [6.45, 7) is 3.09. The summed E-state index contributed by atoms with van der Waals surface area (Å²) in [4.78, 5) is 12.6. The molecule has 6 nitrogen and oxygen atoms in total. The largest absolute Gasteiger partial charge is 0.468 e. The minimum absolute atomic E-state index is 0.0550. The van der Waals surface area contributed by atoms with Gasteiger partial charge in [0.25, 0.3) is 0 Å². The Morgan fingerprint density at radius 1 is 1.35 bits per heavy atom. The fraction of sp³-hybridized carbons (Fsp3) is 0.909. The lowest BCUT2D eigenvalue weighted by Gasteiger charge is -2.20. The number of ether oxygens (including phenoxy) is 3. The van der Waals surface area contributed by atoms with E-state index in [1.54, 1.807) is 19.1 Å². The molecule has 0 radical (unpaired) electrons. The summed E-state index contributed by atoms with van der Waals surface area (Å²) in [5.74, 6) is -0.326. The number of likely N-dealkylation sites (N-methyl/N-ethyl adjacent to an activating group) is 1. The molecule has 0 heterocycles. The van der Waals surface area contributed by atoms with Crippen molar-refractivity contribution in [2.24, 2.45) is 0 Å².